The minimum atomic E-state index is 0.377. The molecule has 0 aliphatic heterocycles. The minimum Gasteiger partial charge on any atom is -0.466 e. The zero-order valence-electron chi connectivity index (χ0n) is 11.3. The number of nitrogens with one attached hydrogen (secondary N) is 1. The third-order valence-electron chi connectivity index (χ3n) is 2.86. The van der Waals surface area contributed by atoms with Crippen molar-refractivity contribution in [3.63, 3.8) is 0 Å². The highest BCUT2D eigenvalue weighted by Gasteiger charge is 2.14. The number of anilines is 1. The van der Waals surface area contributed by atoms with Gasteiger partial charge in [-0.15, -0.1) is 5.10 Å². The number of hydrogen-bond donors (Lipinski definition) is 1. The van der Waals surface area contributed by atoms with E-state index in [1.54, 1.807) is 12.4 Å². The first-order chi connectivity index (χ1) is 9.72. The molecule has 6 nitrogen and oxygen atoms in total. The molecule has 0 aliphatic carbocycles. The molecule has 0 saturated carbocycles. The van der Waals surface area contributed by atoms with Crippen LogP contribution in [0, 0.1) is 13.8 Å². The average Bonchev–Trinajstić information content (AvgIpc) is 3.04. The Bertz CT molecular complexity index is 703. The fourth-order valence-corrected chi connectivity index (χ4v) is 1.93. The molecular formula is C14H14N4O2. The summed E-state index contributed by atoms with van der Waals surface area (Å²) in [6.45, 7) is 4.34. The van der Waals surface area contributed by atoms with Gasteiger partial charge in [0.1, 0.15) is 11.5 Å². The predicted octanol–water partition coefficient (Wildman–Crippen LogP) is 2.95. The number of pyridine rings is 1. The molecule has 6 heteroatoms. The van der Waals surface area contributed by atoms with Gasteiger partial charge >= 0.3 is 6.01 Å². The summed E-state index contributed by atoms with van der Waals surface area (Å²) >= 11 is 0. The second kappa shape index (κ2) is 5.16. The van der Waals surface area contributed by atoms with Gasteiger partial charge in [-0.3, -0.25) is 4.98 Å². The van der Waals surface area contributed by atoms with E-state index in [-0.39, 0.29) is 0 Å². The SMILES string of the molecule is Cc1cc(-c2nnc(NCc3cccnc3)o2)c(C)o1. The smallest absolute Gasteiger partial charge is 0.316 e. The average molecular weight is 270 g/mol. The lowest BCUT2D eigenvalue weighted by atomic mass is 10.2. The first-order valence-electron chi connectivity index (χ1n) is 6.26. The van der Waals surface area contributed by atoms with E-state index in [1.165, 1.54) is 0 Å². The lowest BCUT2D eigenvalue weighted by molar-refractivity contribution is 0.503. The molecule has 0 amide bonds. The van der Waals surface area contributed by atoms with Crippen LogP contribution < -0.4 is 5.32 Å². The summed E-state index contributed by atoms with van der Waals surface area (Å²) in [4.78, 5) is 4.05. The summed E-state index contributed by atoms with van der Waals surface area (Å²) in [5.74, 6) is 2.04. The molecule has 102 valence electrons. The van der Waals surface area contributed by atoms with Gasteiger partial charge in [0.2, 0.25) is 0 Å². The van der Waals surface area contributed by atoms with E-state index in [1.807, 2.05) is 32.0 Å². The first kappa shape index (κ1) is 12.4. The molecule has 3 heterocycles. The van der Waals surface area contributed by atoms with Crippen LogP contribution in [-0.2, 0) is 6.54 Å². The summed E-state index contributed by atoms with van der Waals surface area (Å²) < 4.78 is 11.0. The number of hydrogen-bond acceptors (Lipinski definition) is 6. The van der Waals surface area contributed by atoms with Crippen LogP contribution in [0.15, 0.2) is 39.4 Å². The second-order valence-electron chi connectivity index (χ2n) is 4.45. The van der Waals surface area contributed by atoms with Crippen LogP contribution in [0.25, 0.3) is 11.5 Å². The highest BCUT2D eigenvalue weighted by atomic mass is 16.4. The van der Waals surface area contributed by atoms with Gasteiger partial charge in [0.05, 0.1) is 5.56 Å². The fourth-order valence-electron chi connectivity index (χ4n) is 1.93. The zero-order valence-corrected chi connectivity index (χ0v) is 11.3. The Labute approximate surface area is 115 Å². The van der Waals surface area contributed by atoms with Crippen molar-refractivity contribution in [1.29, 1.82) is 0 Å². The van der Waals surface area contributed by atoms with Crippen LogP contribution in [0.5, 0.6) is 0 Å². The number of aryl methyl sites for hydroxylation is 2. The van der Waals surface area contributed by atoms with Gasteiger partial charge in [0.15, 0.2) is 0 Å². The van der Waals surface area contributed by atoms with E-state index in [2.05, 4.69) is 20.5 Å². The molecule has 0 atom stereocenters. The van der Waals surface area contributed by atoms with E-state index in [0.29, 0.717) is 18.5 Å². The lowest BCUT2D eigenvalue weighted by Gasteiger charge is -1.99. The third kappa shape index (κ3) is 2.54. The summed E-state index contributed by atoms with van der Waals surface area (Å²) in [5, 5.41) is 11.1. The van der Waals surface area contributed by atoms with E-state index >= 15 is 0 Å². The van der Waals surface area contributed by atoms with Gasteiger partial charge in [-0.2, -0.15) is 0 Å². The molecule has 3 rings (SSSR count). The molecule has 0 unspecified atom stereocenters. The molecule has 0 aromatic carbocycles. The molecule has 0 spiro atoms. The number of rotatable bonds is 4. The fraction of sp³-hybridized carbons (Fsp3) is 0.214. The molecule has 0 saturated heterocycles. The quantitative estimate of drug-likeness (QED) is 0.785. The summed E-state index contributed by atoms with van der Waals surface area (Å²) in [7, 11) is 0. The highest BCUT2D eigenvalue weighted by molar-refractivity contribution is 5.56. The van der Waals surface area contributed by atoms with Crippen molar-refractivity contribution in [2.45, 2.75) is 20.4 Å². The lowest BCUT2D eigenvalue weighted by Crippen LogP contribution is -1.99. The van der Waals surface area contributed by atoms with Crippen molar-refractivity contribution < 1.29 is 8.83 Å². The van der Waals surface area contributed by atoms with Gasteiger partial charge < -0.3 is 14.2 Å². The molecule has 0 radical (unpaired) electrons. The molecular weight excluding hydrogens is 256 g/mol. The molecule has 3 aromatic rings. The third-order valence-corrected chi connectivity index (χ3v) is 2.86. The molecule has 0 bridgehead atoms. The Morgan fingerprint density at radius 2 is 2.10 bits per heavy atom. The van der Waals surface area contributed by atoms with Crippen molar-refractivity contribution in [3.8, 4) is 11.5 Å². The highest BCUT2D eigenvalue weighted by Crippen LogP contribution is 2.26. The van der Waals surface area contributed by atoms with Crippen LogP contribution in [-0.4, -0.2) is 15.2 Å². The normalized spacial score (nSPS) is 10.7. The van der Waals surface area contributed by atoms with Gasteiger partial charge in [-0.05, 0) is 31.5 Å². The van der Waals surface area contributed by atoms with Crippen LogP contribution in [0.3, 0.4) is 0 Å². The van der Waals surface area contributed by atoms with Crippen molar-refractivity contribution in [3.05, 3.63) is 47.7 Å². The molecule has 1 N–H and O–H groups in total. The maximum atomic E-state index is 5.57. The van der Waals surface area contributed by atoms with Crippen LogP contribution in [0.2, 0.25) is 0 Å². The maximum Gasteiger partial charge on any atom is 0.316 e. The maximum absolute atomic E-state index is 5.57. The Hall–Kier alpha value is -2.63. The standard InChI is InChI=1S/C14H14N4O2/c1-9-6-12(10(2)19-9)13-17-18-14(20-13)16-8-11-4-3-5-15-7-11/h3-7H,8H2,1-2H3,(H,16,18). The van der Waals surface area contributed by atoms with Crippen molar-refractivity contribution >= 4 is 6.01 Å². The monoisotopic (exact) mass is 270 g/mol. The number of furan rings is 1. The second-order valence-corrected chi connectivity index (χ2v) is 4.45. The van der Waals surface area contributed by atoms with E-state index in [9.17, 15) is 0 Å². The van der Waals surface area contributed by atoms with E-state index in [0.717, 1.165) is 22.6 Å². The number of aromatic nitrogens is 3. The summed E-state index contributed by atoms with van der Waals surface area (Å²) in [6, 6.07) is 6.12. The Morgan fingerprint density at radius 1 is 1.20 bits per heavy atom. The van der Waals surface area contributed by atoms with Gasteiger partial charge in [-0.25, -0.2) is 0 Å². The van der Waals surface area contributed by atoms with Gasteiger partial charge in [-0.1, -0.05) is 11.2 Å². The van der Waals surface area contributed by atoms with Crippen LogP contribution in [0.1, 0.15) is 17.1 Å². The molecule has 0 aliphatic rings. The summed E-state index contributed by atoms with van der Waals surface area (Å²) in [6.07, 6.45) is 3.52. The Morgan fingerprint density at radius 3 is 2.80 bits per heavy atom. The van der Waals surface area contributed by atoms with Crippen molar-refractivity contribution in [2.24, 2.45) is 0 Å². The largest absolute Gasteiger partial charge is 0.466 e. The zero-order chi connectivity index (χ0) is 13.9. The molecule has 3 aromatic heterocycles. The van der Waals surface area contributed by atoms with Crippen molar-refractivity contribution in [1.82, 2.24) is 15.2 Å². The molecule has 0 fully saturated rings. The minimum absolute atomic E-state index is 0.377. The molecule has 20 heavy (non-hydrogen) atoms. The number of nitrogens with zero attached hydrogens (tertiary/aromatic N) is 3. The predicted molar refractivity (Wildman–Crippen MR) is 73.0 cm³/mol. The van der Waals surface area contributed by atoms with Gasteiger partial charge in [0.25, 0.3) is 5.89 Å². The van der Waals surface area contributed by atoms with Gasteiger partial charge in [0, 0.05) is 18.9 Å². The Balaban J connectivity index is 1.73. The summed E-state index contributed by atoms with van der Waals surface area (Å²) in [5.41, 5.74) is 1.87. The van der Waals surface area contributed by atoms with Crippen LogP contribution in [0.4, 0.5) is 6.01 Å². The Kier molecular flexibility index (Phi) is 3.20. The first-order valence-corrected chi connectivity index (χ1v) is 6.26. The van der Waals surface area contributed by atoms with Crippen molar-refractivity contribution in [2.75, 3.05) is 5.32 Å². The van der Waals surface area contributed by atoms with Crippen LogP contribution >= 0.6 is 0 Å². The van der Waals surface area contributed by atoms with E-state index in [4.69, 9.17) is 8.83 Å². The van der Waals surface area contributed by atoms with E-state index < -0.39 is 0 Å². The topological polar surface area (TPSA) is 77.0 Å².